The maximum absolute atomic E-state index is 13.8. The van der Waals surface area contributed by atoms with Crippen LogP contribution in [0.3, 0.4) is 0 Å². The number of rotatable bonds is 6. The van der Waals surface area contributed by atoms with Crippen LogP contribution in [0.4, 0.5) is 5.82 Å². The third-order valence-electron chi connectivity index (χ3n) is 10.3. The molecule has 10 nitrogen and oxygen atoms in total. The fraction of sp³-hybridized carbons (Fsp3) is 0.515. The van der Waals surface area contributed by atoms with Gasteiger partial charge in [0.25, 0.3) is 5.91 Å². The van der Waals surface area contributed by atoms with E-state index in [9.17, 15) is 9.59 Å². The lowest BCUT2D eigenvalue weighted by Gasteiger charge is -2.32. The molecular formula is C33H39N7O3. The average Bonchev–Trinajstić information content (AvgIpc) is 3.32. The van der Waals surface area contributed by atoms with E-state index in [1.807, 2.05) is 39.3 Å². The van der Waals surface area contributed by atoms with Gasteiger partial charge in [0.15, 0.2) is 5.88 Å². The lowest BCUT2D eigenvalue weighted by Crippen LogP contribution is -2.42. The van der Waals surface area contributed by atoms with E-state index >= 15 is 0 Å². The largest absolute Gasteiger partial charge is 0.482 e. The van der Waals surface area contributed by atoms with Crippen molar-refractivity contribution in [2.75, 3.05) is 12.0 Å². The van der Waals surface area contributed by atoms with Crippen molar-refractivity contribution < 1.29 is 14.3 Å². The van der Waals surface area contributed by atoms with Crippen molar-refractivity contribution in [3.63, 3.8) is 0 Å². The summed E-state index contributed by atoms with van der Waals surface area (Å²) in [6.45, 7) is 5.00. The van der Waals surface area contributed by atoms with Crippen LogP contribution in [-0.4, -0.2) is 66.9 Å². The Balaban J connectivity index is 1.24. The van der Waals surface area contributed by atoms with Crippen LogP contribution in [-0.2, 0) is 11.3 Å². The molecule has 3 saturated heterocycles. The molecule has 2 N–H and O–H groups in total. The molecular weight excluding hydrogens is 542 g/mol. The minimum absolute atomic E-state index is 0.00418. The first-order valence-electron chi connectivity index (χ1n) is 15.8. The van der Waals surface area contributed by atoms with Crippen LogP contribution in [0.1, 0.15) is 74.3 Å². The summed E-state index contributed by atoms with van der Waals surface area (Å²) in [4.78, 5) is 40.7. The van der Waals surface area contributed by atoms with Gasteiger partial charge in [-0.1, -0.05) is 0 Å². The number of carbonyl (C=O) groups is 2. The van der Waals surface area contributed by atoms with Crippen molar-refractivity contribution in [1.29, 1.82) is 0 Å². The van der Waals surface area contributed by atoms with E-state index in [1.165, 1.54) is 12.8 Å². The number of nitrogens with two attached hydrogens (primary N) is 1. The summed E-state index contributed by atoms with van der Waals surface area (Å²) >= 11 is 0. The highest BCUT2D eigenvalue weighted by molar-refractivity contribution is 5.97. The van der Waals surface area contributed by atoms with Crippen LogP contribution < -0.4 is 15.4 Å². The van der Waals surface area contributed by atoms with Crippen molar-refractivity contribution in [3.05, 3.63) is 41.6 Å². The first-order valence-corrected chi connectivity index (χ1v) is 15.8. The maximum Gasteiger partial charge on any atom is 0.254 e. The highest BCUT2D eigenvalue weighted by Gasteiger charge is 2.47. The number of aromatic nitrogens is 4. The SMILES string of the molecule is COc1cc(C(=O)N2[C@H]3CC[C@@H]2[C@H](N)C3)cc2nc(-c3cc4ccc(N5C(=O)CCCC5C)nc4n3CC3CC3)c(C)n12. The molecule has 1 aliphatic carbocycles. The molecule has 2 amide bonds. The predicted octanol–water partition coefficient (Wildman–Crippen LogP) is 4.69. The van der Waals surface area contributed by atoms with Gasteiger partial charge in [0, 0.05) is 54.1 Å². The van der Waals surface area contributed by atoms with Crippen LogP contribution in [0, 0.1) is 12.8 Å². The zero-order chi connectivity index (χ0) is 29.6. The van der Waals surface area contributed by atoms with Gasteiger partial charge in [0.05, 0.1) is 18.5 Å². The van der Waals surface area contributed by atoms with E-state index in [-0.39, 0.29) is 36.0 Å². The molecule has 4 aromatic heterocycles. The maximum atomic E-state index is 13.8. The Bertz CT molecular complexity index is 1790. The van der Waals surface area contributed by atoms with Gasteiger partial charge in [0.1, 0.15) is 22.8 Å². The van der Waals surface area contributed by atoms with Gasteiger partial charge in [-0.2, -0.15) is 0 Å². The molecule has 224 valence electrons. The molecule has 1 unspecified atom stereocenters. The number of aryl methyl sites for hydroxylation is 1. The molecule has 0 aromatic carbocycles. The van der Waals surface area contributed by atoms with Crippen molar-refractivity contribution in [3.8, 4) is 17.3 Å². The number of piperidine rings is 1. The summed E-state index contributed by atoms with van der Waals surface area (Å²) < 4.78 is 10.1. The normalized spacial score (nSPS) is 25.4. The Morgan fingerprint density at radius 2 is 1.93 bits per heavy atom. The number of amides is 2. The molecule has 7 heterocycles. The van der Waals surface area contributed by atoms with Crippen molar-refractivity contribution in [2.45, 2.75) is 95.9 Å². The highest BCUT2D eigenvalue weighted by atomic mass is 16.5. The Labute approximate surface area is 250 Å². The van der Waals surface area contributed by atoms with Crippen molar-refractivity contribution >= 4 is 34.3 Å². The van der Waals surface area contributed by atoms with E-state index in [4.69, 9.17) is 20.4 Å². The second-order valence-electron chi connectivity index (χ2n) is 13.1. The fourth-order valence-corrected chi connectivity index (χ4v) is 7.88. The van der Waals surface area contributed by atoms with E-state index in [0.717, 1.165) is 72.6 Å². The number of carbonyl (C=O) groups excluding carboxylic acids is 2. The zero-order valence-corrected chi connectivity index (χ0v) is 25.1. The smallest absolute Gasteiger partial charge is 0.254 e. The third kappa shape index (κ3) is 4.17. The number of hydrogen-bond acceptors (Lipinski definition) is 6. The molecule has 0 spiro atoms. The average molecular weight is 582 g/mol. The summed E-state index contributed by atoms with van der Waals surface area (Å²) in [7, 11) is 1.63. The van der Waals surface area contributed by atoms with Gasteiger partial charge in [0.2, 0.25) is 5.91 Å². The molecule has 4 atom stereocenters. The second kappa shape index (κ2) is 9.80. The van der Waals surface area contributed by atoms with Crippen molar-refractivity contribution in [1.82, 2.24) is 23.8 Å². The highest BCUT2D eigenvalue weighted by Crippen LogP contribution is 2.40. The summed E-state index contributed by atoms with van der Waals surface area (Å²) in [5.41, 5.74) is 11.3. The van der Waals surface area contributed by atoms with Crippen molar-refractivity contribution in [2.24, 2.45) is 11.7 Å². The van der Waals surface area contributed by atoms with Crippen LogP contribution in [0.5, 0.6) is 5.88 Å². The quantitative estimate of drug-likeness (QED) is 0.354. The number of fused-ring (bicyclic) bond motifs is 4. The first kappa shape index (κ1) is 26.7. The van der Waals surface area contributed by atoms with E-state index in [0.29, 0.717) is 29.4 Å². The number of methoxy groups -OCH3 is 1. The van der Waals surface area contributed by atoms with Crippen LogP contribution in [0.25, 0.3) is 28.1 Å². The first-order chi connectivity index (χ1) is 20.8. The molecule has 1 saturated carbocycles. The number of imidazole rings is 1. The molecule has 4 aromatic rings. The lowest BCUT2D eigenvalue weighted by molar-refractivity contribution is -0.120. The van der Waals surface area contributed by atoms with Gasteiger partial charge in [-0.05, 0) is 89.0 Å². The number of hydrogen-bond donors (Lipinski definition) is 1. The molecule has 10 heteroatoms. The van der Waals surface area contributed by atoms with Crippen LogP contribution in [0.15, 0.2) is 30.3 Å². The van der Waals surface area contributed by atoms with Gasteiger partial charge in [-0.25, -0.2) is 9.97 Å². The standard InChI is InChI=1S/C33H39N7O3/c1-18-5-4-6-29(41)38(18)27-12-9-21-13-26(37(32(21)36-27)17-20-7-8-20)31-19(2)39-28(35-31)14-22(15-30(39)43-3)33(42)40-23-10-11-25(40)24(34)16-23/h9,12-15,18,20,23-25H,4-8,10-11,16-17,34H2,1-3H3/t18?,23-,24+,25+/m0/s1. The molecule has 8 rings (SSSR count). The molecule has 43 heavy (non-hydrogen) atoms. The van der Waals surface area contributed by atoms with E-state index in [2.05, 4.69) is 23.6 Å². The predicted molar refractivity (Wildman–Crippen MR) is 164 cm³/mol. The van der Waals surface area contributed by atoms with E-state index < -0.39 is 0 Å². The van der Waals surface area contributed by atoms with Gasteiger partial charge >= 0.3 is 0 Å². The second-order valence-corrected chi connectivity index (χ2v) is 13.1. The molecule has 3 aliphatic heterocycles. The molecule has 4 fully saturated rings. The Hall–Kier alpha value is -3.92. The van der Waals surface area contributed by atoms with Gasteiger partial charge in [-0.15, -0.1) is 0 Å². The molecule has 2 bridgehead atoms. The molecule has 0 radical (unpaired) electrons. The Morgan fingerprint density at radius 3 is 2.63 bits per heavy atom. The lowest BCUT2D eigenvalue weighted by atomic mass is 9.97. The van der Waals surface area contributed by atoms with E-state index in [1.54, 1.807) is 7.11 Å². The zero-order valence-electron chi connectivity index (χ0n) is 25.1. The summed E-state index contributed by atoms with van der Waals surface area (Å²) in [6, 6.07) is 10.4. The summed E-state index contributed by atoms with van der Waals surface area (Å²) in [5, 5.41) is 1.02. The number of pyridine rings is 2. The van der Waals surface area contributed by atoms with Crippen LogP contribution in [0.2, 0.25) is 0 Å². The number of nitrogens with zero attached hydrogens (tertiary/aromatic N) is 6. The number of ether oxygens (including phenoxy) is 1. The Morgan fingerprint density at radius 1 is 1.09 bits per heavy atom. The third-order valence-corrected chi connectivity index (χ3v) is 10.3. The number of anilines is 1. The monoisotopic (exact) mass is 581 g/mol. The van der Waals surface area contributed by atoms with Gasteiger partial charge in [-0.3, -0.25) is 18.9 Å². The minimum Gasteiger partial charge on any atom is -0.482 e. The van der Waals surface area contributed by atoms with Gasteiger partial charge < -0.3 is 19.9 Å². The fourth-order valence-electron chi connectivity index (χ4n) is 7.88. The Kier molecular flexibility index (Phi) is 6.08. The minimum atomic E-state index is 0.00418. The molecule has 4 aliphatic rings. The topological polar surface area (TPSA) is 111 Å². The van der Waals surface area contributed by atoms with Crippen LogP contribution >= 0.6 is 0 Å². The summed E-state index contributed by atoms with van der Waals surface area (Å²) in [5.74, 6) is 2.05. The summed E-state index contributed by atoms with van der Waals surface area (Å²) in [6.07, 6.45) is 7.73.